The van der Waals surface area contributed by atoms with Crippen molar-refractivity contribution in [2.24, 2.45) is 0 Å². The molecule has 1 N–H and O–H groups in total. The van der Waals surface area contributed by atoms with Gasteiger partial charge in [0, 0.05) is 12.4 Å². The quantitative estimate of drug-likeness (QED) is 0.423. The van der Waals surface area contributed by atoms with E-state index in [2.05, 4.69) is 16.9 Å². The van der Waals surface area contributed by atoms with Crippen molar-refractivity contribution in [3.8, 4) is 0 Å². The van der Waals surface area contributed by atoms with Crippen LogP contribution in [0.5, 0.6) is 0 Å². The summed E-state index contributed by atoms with van der Waals surface area (Å²) in [6.45, 7) is 8.96. The standard InChI is InChI=1S/C22H23N3O5S/c1-5-10-30-22(28)18-14(4)17(21(27)29-6-2)20(31-18)24-16(26)11-15-12-25-9-7-8-13(3)19(25)23-15/h5,7-9,12H,1,6,10-11H2,2-4H3,(H,24,26). The molecule has 0 aliphatic rings. The average molecular weight is 442 g/mol. The number of carbonyl (C=O) groups is 3. The third kappa shape index (κ3) is 4.83. The van der Waals surface area contributed by atoms with Gasteiger partial charge in [-0.3, -0.25) is 4.79 Å². The number of carbonyl (C=O) groups excluding carboxylic acids is 3. The van der Waals surface area contributed by atoms with Gasteiger partial charge in [-0.2, -0.15) is 0 Å². The predicted octanol–water partition coefficient (Wildman–Crippen LogP) is 3.71. The van der Waals surface area contributed by atoms with Gasteiger partial charge in [-0.25, -0.2) is 14.6 Å². The molecule has 0 saturated heterocycles. The van der Waals surface area contributed by atoms with Crippen molar-refractivity contribution >= 4 is 39.8 Å². The minimum Gasteiger partial charge on any atom is -0.462 e. The molecular weight excluding hydrogens is 418 g/mol. The van der Waals surface area contributed by atoms with E-state index in [9.17, 15) is 14.4 Å². The van der Waals surface area contributed by atoms with Gasteiger partial charge in [-0.1, -0.05) is 18.7 Å². The van der Waals surface area contributed by atoms with E-state index in [4.69, 9.17) is 9.47 Å². The third-order valence-electron chi connectivity index (χ3n) is 4.47. The monoisotopic (exact) mass is 441 g/mol. The summed E-state index contributed by atoms with van der Waals surface area (Å²) in [6, 6.07) is 3.85. The molecule has 0 aromatic carbocycles. The molecular formula is C22H23N3O5S. The van der Waals surface area contributed by atoms with Crippen LogP contribution in [0, 0.1) is 13.8 Å². The number of pyridine rings is 1. The van der Waals surface area contributed by atoms with E-state index in [1.54, 1.807) is 20.0 Å². The predicted molar refractivity (Wildman–Crippen MR) is 118 cm³/mol. The van der Waals surface area contributed by atoms with E-state index in [1.165, 1.54) is 6.08 Å². The summed E-state index contributed by atoms with van der Waals surface area (Å²) in [7, 11) is 0. The van der Waals surface area contributed by atoms with E-state index in [0.29, 0.717) is 11.3 Å². The number of aryl methyl sites for hydroxylation is 1. The number of hydrogen-bond acceptors (Lipinski definition) is 7. The summed E-state index contributed by atoms with van der Waals surface area (Å²) in [5.41, 5.74) is 2.91. The molecule has 0 aliphatic carbocycles. The Balaban J connectivity index is 1.86. The number of amides is 1. The van der Waals surface area contributed by atoms with Gasteiger partial charge in [0.25, 0.3) is 0 Å². The average Bonchev–Trinajstić information content (AvgIpc) is 3.27. The maximum Gasteiger partial charge on any atom is 0.348 e. The minimum atomic E-state index is -0.613. The van der Waals surface area contributed by atoms with Crippen LogP contribution in [0.1, 0.15) is 43.8 Å². The van der Waals surface area contributed by atoms with Crippen LogP contribution in [0.3, 0.4) is 0 Å². The summed E-state index contributed by atoms with van der Waals surface area (Å²) < 4.78 is 12.0. The molecule has 0 bridgehead atoms. The SMILES string of the molecule is C=CCOC(=O)c1sc(NC(=O)Cc2cn3cccc(C)c3n2)c(C(=O)OCC)c1C. The second-order valence-electron chi connectivity index (χ2n) is 6.75. The van der Waals surface area contributed by atoms with Crippen molar-refractivity contribution in [3.05, 3.63) is 64.4 Å². The molecule has 0 aliphatic heterocycles. The highest BCUT2D eigenvalue weighted by Gasteiger charge is 2.27. The van der Waals surface area contributed by atoms with Crippen LogP contribution in [-0.4, -0.2) is 40.4 Å². The largest absolute Gasteiger partial charge is 0.462 e. The Hall–Kier alpha value is -3.46. The lowest BCUT2D eigenvalue weighted by Gasteiger charge is -2.06. The number of hydrogen-bond donors (Lipinski definition) is 1. The van der Waals surface area contributed by atoms with E-state index < -0.39 is 11.9 Å². The Morgan fingerprint density at radius 1 is 1.26 bits per heavy atom. The number of aromatic nitrogens is 2. The molecule has 3 aromatic rings. The van der Waals surface area contributed by atoms with E-state index in [0.717, 1.165) is 22.5 Å². The van der Waals surface area contributed by atoms with Crippen LogP contribution in [0.25, 0.3) is 5.65 Å². The molecule has 0 fully saturated rings. The van der Waals surface area contributed by atoms with Gasteiger partial charge in [0.15, 0.2) is 0 Å². The van der Waals surface area contributed by atoms with Gasteiger partial charge >= 0.3 is 11.9 Å². The molecule has 1 amide bonds. The highest BCUT2D eigenvalue weighted by Crippen LogP contribution is 2.34. The lowest BCUT2D eigenvalue weighted by Crippen LogP contribution is -2.16. The fourth-order valence-corrected chi connectivity index (χ4v) is 4.18. The fraction of sp³-hybridized carbons (Fsp3) is 0.273. The number of esters is 2. The van der Waals surface area contributed by atoms with Crippen LogP contribution in [0.2, 0.25) is 0 Å². The van der Waals surface area contributed by atoms with Gasteiger partial charge in [0.05, 0.1) is 24.3 Å². The van der Waals surface area contributed by atoms with Crippen molar-refractivity contribution in [1.82, 2.24) is 9.38 Å². The first-order valence-corrected chi connectivity index (χ1v) is 10.5. The molecule has 3 aromatic heterocycles. The first-order chi connectivity index (χ1) is 14.8. The van der Waals surface area contributed by atoms with Crippen molar-refractivity contribution in [2.75, 3.05) is 18.5 Å². The second kappa shape index (κ2) is 9.57. The molecule has 3 heterocycles. The van der Waals surface area contributed by atoms with E-state index in [1.807, 2.05) is 29.7 Å². The first-order valence-electron chi connectivity index (χ1n) is 9.67. The topological polar surface area (TPSA) is 99.0 Å². The van der Waals surface area contributed by atoms with Crippen LogP contribution >= 0.6 is 11.3 Å². The number of thiophene rings is 1. The van der Waals surface area contributed by atoms with E-state index >= 15 is 0 Å². The zero-order valence-electron chi connectivity index (χ0n) is 17.6. The van der Waals surface area contributed by atoms with Gasteiger partial charge in [-0.05, 0) is 38.0 Å². The van der Waals surface area contributed by atoms with Crippen molar-refractivity contribution in [3.63, 3.8) is 0 Å². The Morgan fingerprint density at radius 2 is 2.03 bits per heavy atom. The van der Waals surface area contributed by atoms with Crippen LogP contribution in [-0.2, 0) is 20.7 Å². The number of imidazole rings is 1. The van der Waals surface area contributed by atoms with E-state index in [-0.39, 0.29) is 41.0 Å². The molecule has 162 valence electrons. The lowest BCUT2D eigenvalue weighted by atomic mass is 10.1. The van der Waals surface area contributed by atoms with Gasteiger partial charge < -0.3 is 19.2 Å². The summed E-state index contributed by atoms with van der Waals surface area (Å²) in [5.74, 6) is -1.57. The first kappa shape index (κ1) is 22.2. The maximum atomic E-state index is 12.7. The smallest absolute Gasteiger partial charge is 0.348 e. The zero-order chi connectivity index (χ0) is 22.5. The van der Waals surface area contributed by atoms with Crippen molar-refractivity contribution in [1.29, 1.82) is 0 Å². The number of nitrogens with zero attached hydrogens (tertiary/aromatic N) is 2. The van der Waals surface area contributed by atoms with Gasteiger partial charge in [0.2, 0.25) is 5.91 Å². The molecule has 9 heteroatoms. The third-order valence-corrected chi connectivity index (χ3v) is 5.65. The molecule has 3 rings (SSSR count). The molecule has 0 radical (unpaired) electrons. The Kier molecular flexibility index (Phi) is 6.86. The molecule has 31 heavy (non-hydrogen) atoms. The zero-order valence-corrected chi connectivity index (χ0v) is 18.4. The number of fused-ring (bicyclic) bond motifs is 1. The van der Waals surface area contributed by atoms with Crippen LogP contribution < -0.4 is 5.32 Å². The number of ether oxygens (including phenoxy) is 2. The van der Waals surface area contributed by atoms with Gasteiger partial charge in [-0.15, -0.1) is 11.3 Å². The molecule has 0 atom stereocenters. The highest BCUT2D eigenvalue weighted by atomic mass is 32.1. The van der Waals surface area contributed by atoms with Crippen LogP contribution in [0.15, 0.2) is 37.2 Å². The molecule has 8 nitrogen and oxygen atoms in total. The maximum absolute atomic E-state index is 12.7. The van der Waals surface area contributed by atoms with Crippen molar-refractivity contribution < 1.29 is 23.9 Å². The number of anilines is 1. The lowest BCUT2D eigenvalue weighted by molar-refractivity contribution is -0.115. The molecule has 0 saturated carbocycles. The summed E-state index contributed by atoms with van der Waals surface area (Å²) in [6.07, 6.45) is 5.11. The highest BCUT2D eigenvalue weighted by molar-refractivity contribution is 7.18. The normalized spacial score (nSPS) is 10.7. The summed E-state index contributed by atoms with van der Waals surface area (Å²) >= 11 is 0.978. The Labute approximate surface area is 183 Å². The second-order valence-corrected chi connectivity index (χ2v) is 7.77. The fourth-order valence-electron chi connectivity index (χ4n) is 3.07. The summed E-state index contributed by atoms with van der Waals surface area (Å²) in [4.78, 5) is 42.2. The number of nitrogens with one attached hydrogen (secondary N) is 1. The summed E-state index contributed by atoms with van der Waals surface area (Å²) in [5, 5.41) is 2.97. The molecule has 0 spiro atoms. The number of rotatable bonds is 8. The Bertz CT molecular complexity index is 1160. The van der Waals surface area contributed by atoms with Crippen molar-refractivity contribution in [2.45, 2.75) is 27.2 Å². The minimum absolute atomic E-state index is 0.0105. The van der Waals surface area contributed by atoms with Crippen LogP contribution in [0.4, 0.5) is 5.00 Å². The molecule has 0 unspecified atom stereocenters. The van der Waals surface area contributed by atoms with Gasteiger partial charge in [0.1, 0.15) is 22.1 Å². The Morgan fingerprint density at radius 3 is 2.71 bits per heavy atom.